The maximum absolute atomic E-state index is 10.5. The zero-order chi connectivity index (χ0) is 10.4. The monoisotopic (exact) mass is 255 g/mol. The van der Waals surface area contributed by atoms with Crippen molar-refractivity contribution in [3.8, 4) is 0 Å². The number of halogens is 1. The van der Waals surface area contributed by atoms with Crippen molar-refractivity contribution < 1.29 is 9.90 Å². The fourth-order valence-corrected chi connectivity index (χ4v) is 1.18. The number of nitrogens with zero attached hydrogens (tertiary/aromatic N) is 1. The lowest BCUT2D eigenvalue weighted by Gasteiger charge is -1.94. The zero-order valence-electron chi connectivity index (χ0n) is 7.48. The third-order valence-electron chi connectivity index (χ3n) is 1.59. The van der Waals surface area contributed by atoms with Gasteiger partial charge in [-0.3, -0.25) is 0 Å². The van der Waals surface area contributed by atoms with E-state index in [1.165, 1.54) is 6.07 Å². The number of aromatic nitrogens is 1. The quantitative estimate of drug-likeness (QED) is 0.842. The first-order valence-corrected chi connectivity index (χ1v) is 5.28. The third-order valence-corrected chi connectivity index (χ3v) is 2.05. The van der Waals surface area contributed by atoms with E-state index in [4.69, 9.17) is 5.11 Å². The SMILES string of the molecule is O=C(O)c1ccc(C=CCCBr)cn1. The van der Waals surface area contributed by atoms with E-state index in [9.17, 15) is 4.79 Å². The summed E-state index contributed by atoms with van der Waals surface area (Å²) in [6, 6.07) is 3.23. The van der Waals surface area contributed by atoms with Crippen LogP contribution in [0, 0.1) is 0 Å². The maximum atomic E-state index is 10.5. The van der Waals surface area contributed by atoms with Crippen LogP contribution in [-0.2, 0) is 0 Å². The van der Waals surface area contributed by atoms with E-state index in [-0.39, 0.29) is 5.69 Å². The van der Waals surface area contributed by atoms with Crippen LogP contribution in [0.3, 0.4) is 0 Å². The molecule has 0 aliphatic rings. The Bertz CT molecular complexity index is 332. The van der Waals surface area contributed by atoms with Gasteiger partial charge < -0.3 is 5.11 Å². The van der Waals surface area contributed by atoms with Crippen molar-refractivity contribution in [1.29, 1.82) is 0 Å². The number of carboxylic acid groups (broad SMARTS) is 1. The topological polar surface area (TPSA) is 50.2 Å². The van der Waals surface area contributed by atoms with Crippen LogP contribution in [0.1, 0.15) is 22.5 Å². The lowest BCUT2D eigenvalue weighted by Crippen LogP contribution is -1.98. The molecule has 0 saturated heterocycles. The molecule has 0 amide bonds. The maximum Gasteiger partial charge on any atom is 0.354 e. The first-order valence-electron chi connectivity index (χ1n) is 4.16. The molecule has 1 rings (SSSR count). The van der Waals surface area contributed by atoms with Gasteiger partial charge in [-0.1, -0.05) is 34.1 Å². The molecule has 0 fully saturated rings. The Labute approximate surface area is 90.6 Å². The number of hydrogen-bond acceptors (Lipinski definition) is 2. The van der Waals surface area contributed by atoms with E-state index in [2.05, 4.69) is 20.9 Å². The molecule has 1 aromatic rings. The molecule has 1 aromatic heterocycles. The van der Waals surface area contributed by atoms with Crippen molar-refractivity contribution in [1.82, 2.24) is 4.98 Å². The van der Waals surface area contributed by atoms with Crippen LogP contribution in [-0.4, -0.2) is 21.4 Å². The van der Waals surface area contributed by atoms with Gasteiger partial charge in [-0.05, 0) is 18.1 Å². The van der Waals surface area contributed by atoms with Crippen molar-refractivity contribution in [3.63, 3.8) is 0 Å². The molecule has 1 heterocycles. The van der Waals surface area contributed by atoms with Gasteiger partial charge in [0, 0.05) is 11.5 Å². The molecule has 74 valence electrons. The summed E-state index contributed by atoms with van der Waals surface area (Å²) in [4.78, 5) is 14.3. The molecular weight excluding hydrogens is 246 g/mol. The number of hydrogen-bond donors (Lipinski definition) is 1. The third kappa shape index (κ3) is 3.30. The Balaban J connectivity index is 2.68. The molecule has 0 aliphatic heterocycles. The predicted molar refractivity (Wildman–Crippen MR) is 58.6 cm³/mol. The highest BCUT2D eigenvalue weighted by atomic mass is 79.9. The van der Waals surface area contributed by atoms with Gasteiger partial charge in [0.2, 0.25) is 0 Å². The number of carbonyl (C=O) groups is 1. The summed E-state index contributed by atoms with van der Waals surface area (Å²) >= 11 is 3.31. The second-order valence-corrected chi connectivity index (χ2v) is 3.45. The number of alkyl halides is 1. The summed E-state index contributed by atoms with van der Waals surface area (Å²) in [6.07, 6.45) is 6.42. The van der Waals surface area contributed by atoms with Crippen molar-refractivity contribution >= 4 is 28.0 Å². The van der Waals surface area contributed by atoms with Gasteiger partial charge in [0.1, 0.15) is 5.69 Å². The first kappa shape index (κ1) is 10.9. The zero-order valence-corrected chi connectivity index (χ0v) is 9.07. The lowest BCUT2D eigenvalue weighted by atomic mass is 10.2. The minimum Gasteiger partial charge on any atom is -0.477 e. The largest absolute Gasteiger partial charge is 0.477 e. The van der Waals surface area contributed by atoms with Crippen LogP contribution in [0.2, 0.25) is 0 Å². The molecule has 0 aliphatic carbocycles. The first-order chi connectivity index (χ1) is 6.74. The van der Waals surface area contributed by atoms with E-state index in [1.54, 1.807) is 12.3 Å². The van der Waals surface area contributed by atoms with Gasteiger partial charge in [-0.2, -0.15) is 0 Å². The highest BCUT2D eigenvalue weighted by molar-refractivity contribution is 9.09. The highest BCUT2D eigenvalue weighted by Gasteiger charge is 2.01. The van der Waals surface area contributed by atoms with Crippen LogP contribution < -0.4 is 0 Å². The smallest absolute Gasteiger partial charge is 0.354 e. The van der Waals surface area contributed by atoms with Gasteiger partial charge in [0.25, 0.3) is 0 Å². The second-order valence-electron chi connectivity index (χ2n) is 2.66. The van der Waals surface area contributed by atoms with E-state index in [0.29, 0.717) is 0 Å². The molecule has 4 heteroatoms. The van der Waals surface area contributed by atoms with Crippen LogP contribution in [0.15, 0.2) is 24.4 Å². The van der Waals surface area contributed by atoms with Crippen molar-refractivity contribution in [2.75, 3.05) is 5.33 Å². The summed E-state index contributed by atoms with van der Waals surface area (Å²) in [5.41, 5.74) is 0.985. The molecule has 0 atom stereocenters. The lowest BCUT2D eigenvalue weighted by molar-refractivity contribution is 0.0690. The number of carboxylic acids is 1. The molecule has 0 radical (unpaired) electrons. The van der Waals surface area contributed by atoms with Gasteiger partial charge in [0.05, 0.1) is 0 Å². The molecule has 1 N–H and O–H groups in total. The molecule has 0 spiro atoms. The fraction of sp³-hybridized carbons (Fsp3) is 0.200. The molecule has 0 bridgehead atoms. The summed E-state index contributed by atoms with van der Waals surface area (Å²) in [5, 5.41) is 9.52. The Kier molecular flexibility index (Phi) is 4.32. The summed E-state index contributed by atoms with van der Waals surface area (Å²) < 4.78 is 0. The van der Waals surface area contributed by atoms with E-state index >= 15 is 0 Å². The fourth-order valence-electron chi connectivity index (χ4n) is 0.913. The molecule has 0 unspecified atom stereocenters. The summed E-state index contributed by atoms with van der Waals surface area (Å²) in [6.45, 7) is 0. The Hall–Kier alpha value is -1.16. The van der Waals surface area contributed by atoms with Crippen LogP contribution in [0.5, 0.6) is 0 Å². The van der Waals surface area contributed by atoms with Crippen molar-refractivity contribution in [2.24, 2.45) is 0 Å². The number of allylic oxidation sites excluding steroid dienone is 1. The van der Waals surface area contributed by atoms with E-state index in [0.717, 1.165) is 17.3 Å². The average Bonchev–Trinajstić information content (AvgIpc) is 2.19. The van der Waals surface area contributed by atoms with Gasteiger partial charge in [0.15, 0.2) is 0 Å². The molecule has 14 heavy (non-hydrogen) atoms. The summed E-state index contributed by atoms with van der Waals surface area (Å²) in [7, 11) is 0. The number of pyridine rings is 1. The van der Waals surface area contributed by atoms with Crippen LogP contribution >= 0.6 is 15.9 Å². The summed E-state index contributed by atoms with van der Waals surface area (Å²) in [5.74, 6) is -0.999. The van der Waals surface area contributed by atoms with Gasteiger partial charge in [-0.25, -0.2) is 9.78 Å². The number of rotatable bonds is 4. The Morgan fingerprint density at radius 1 is 1.57 bits per heavy atom. The highest BCUT2D eigenvalue weighted by Crippen LogP contribution is 2.03. The normalized spacial score (nSPS) is 10.6. The van der Waals surface area contributed by atoms with Crippen molar-refractivity contribution in [2.45, 2.75) is 6.42 Å². The molecule has 3 nitrogen and oxygen atoms in total. The second kappa shape index (κ2) is 5.54. The average molecular weight is 256 g/mol. The number of aromatic carboxylic acids is 1. The van der Waals surface area contributed by atoms with E-state index in [1.807, 2.05) is 12.2 Å². The molecule has 0 aromatic carbocycles. The predicted octanol–water partition coefficient (Wildman–Crippen LogP) is 2.58. The van der Waals surface area contributed by atoms with Gasteiger partial charge in [-0.15, -0.1) is 0 Å². The Morgan fingerprint density at radius 2 is 2.36 bits per heavy atom. The van der Waals surface area contributed by atoms with Crippen LogP contribution in [0.4, 0.5) is 0 Å². The van der Waals surface area contributed by atoms with Crippen LogP contribution in [0.25, 0.3) is 6.08 Å². The standard InChI is InChI=1S/C10H10BrNO2/c11-6-2-1-3-8-4-5-9(10(13)14)12-7-8/h1,3-5,7H,2,6H2,(H,13,14). The Morgan fingerprint density at radius 3 is 2.86 bits per heavy atom. The molecular formula is C10H10BrNO2. The minimum absolute atomic E-state index is 0.0719. The molecule has 0 saturated carbocycles. The van der Waals surface area contributed by atoms with Crippen molar-refractivity contribution in [3.05, 3.63) is 35.7 Å². The van der Waals surface area contributed by atoms with Gasteiger partial charge >= 0.3 is 5.97 Å². The minimum atomic E-state index is -0.999. The van der Waals surface area contributed by atoms with E-state index < -0.39 is 5.97 Å².